The zero-order valence-electron chi connectivity index (χ0n) is 20.3. The molecule has 2 heterocycles. The van der Waals surface area contributed by atoms with Gasteiger partial charge in [0.15, 0.2) is 0 Å². The van der Waals surface area contributed by atoms with Crippen molar-refractivity contribution in [2.24, 2.45) is 5.92 Å². The molecule has 2 bridgehead atoms. The highest BCUT2D eigenvalue weighted by Gasteiger charge is 2.48. The lowest BCUT2D eigenvalue weighted by atomic mass is 9.80. The number of alkyl carbamates (subject to hydrolysis) is 1. The van der Waals surface area contributed by atoms with Gasteiger partial charge in [0.2, 0.25) is 5.91 Å². The van der Waals surface area contributed by atoms with Gasteiger partial charge < -0.3 is 15.0 Å². The Morgan fingerprint density at radius 2 is 1.71 bits per heavy atom. The van der Waals surface area contributed by atoms with Crippen LogP contribution in [0.3, 0.4) is 0 Å². The first-order valence-electron chi connectivity index (χ1n) is 12.0. The van der Waals surface area contributed by atoms with E-state index < -0.39 is 23.6 Å². The second-order valence-electron chi connectivity index (χ2n) is 10.3. The number of urea groups is 1. The summed E-state index contributed by atoms with van der Waals surface area (Å²) in [6.45, 7) is 6.02. The van der Waals surface area contributed by atoms with Crippen LogP contribution in [0.1, 0.15) is 52.0 Å². The number of nitrogens with zero attached hydrogens (tertiary/aromatic N) is 2. The summed E-state index contributed by atoms with van der Waals surface area (Å²) in [4.78, 5) is 57.1. The second kappa shape index (κ2) is 10.1. The van der Waals surface area contributed by atoms with E-state index in [1.807, 2.05) is 30.3 Å². The zero-order valence-corrected chi connectivity index (χ0v) is 20.3. The number of carbonyl (C=O) groups excluding carboxylic acids is 4. The number of hydrogen-bond acceptors (Lipinski definition) is 6. The summed E-state index contributed by atoms with van der Waals surface area (Å²) in [6, 6.07) is 8.30. The number of hydroxylamine groups is 2. The van der Waals surface area contributed by atoms with E-state index >= 15 is 0 Å². The maximum Gasteiger partial charge on any atom is 0.407 e. The molecule has 11 nitrogen and oxygen atoms in total. The second-order valence-corrected chi connectivity index (χ2v) is 10.3. The van der Waals surface area contributed by atoms with Crippen molar-refractivity contribution in [3.05, 3.63) is 35.9 Å². The van der Waals surface area contributed by atoms with E-state index in [0.29, 0.717) is 32.2 Å². The van der Waals surface area contributed by atoms with Crippen molar-refractivity contribution in [2.45, 2.75) is 76.8 Å². The Morgan fingerprint density at radius 3 is 2.40 bits per heavy atom. The Balaban J connectivity index is 1.19. The number of fused-ring (bicyclic) bond motifs is 2. The van der Waals surface area contributed by atoms with E-state index in [-0.39, 0.29) is 36.5 Å². The number of rotatable bonds is 6. The molecule has 1 aromatic rings. The molecule has 3 fully saturated rings. The number of ether oxygens (including phenoxy) is 1. The highest BCUT2D eigenvalue weighted by molar-refractivity contribution is 5.90. The molecule has 5 amide bonds. The fourth-order valence-corrected chi connectivity index (χ4v) is 4.52. The van der Waals surface area contributed by atoms with Gasteiger partial charge in [0.05, 0.1) is 6.04 Å². The number of hydrogen-bond donors (Lipinski definition) is 3. The first-order valence-corrected chi connectivity index (χ1v) is 12.0. The molecule has 190 valence electrons. The Kier molecular flexibility index (Phi) is 7.15. The molecule has 2 saturated heterocycles. The Bertz CT molecular complexity index is 959. The summed E-state index contributed by atoms with van der Waals surface area (Å²) in [5.74, 6) is -1.08. The van der Waals surface area contributed by atoms with E-state index in [2.05, 4.69) is 16.2 Å². The van der Waals surface area contributed by atoms with Crippen LogP contribution in [0.4, 0.5) is 9.59 Å². The highest BCUT2D eigenvalue weighted by Crippen LogP contribution is 2.31. The quantitative estimate of drug-likeness (QED) is 0.525. The zero-order chi connectivity index (χ0) is 25.2. The molecule has 0 radical (unpaired) electrons. The molecule has 0 spiro atoms. The Morgan fingerprint density at radius 1 is 1.03 bits per heavy atom. The summed E-state index contributed by atoms with van der Waals surface area (Å²) in [6.07, 6.45) is 1.52. The molecule has 11 heteroatoms. The van der Waals surface area contributed by atoms with Crippen molar-refractivity contribution < 1.29 is 28.8 Å². The van der Waals surface area contributed by atoms with Crippen LogP contribution in [-0.2, 0) is 25.8 Å². The summed E-state index contributed by atoms with van der Waals surface area (Å²) in [7, 11) is 0. The van der Waals surface area contributed by atoms with Gasteiger partial charge >= 0.3 is 12.1 Å². The minimum absolute atomic E-state index is 0.103. The average molecular weight is 488 g/mol. The number of benzene rings is 1. The van der Waals surface area contributed by atoms with Crippen LogP contribution in [0, 0.1) is 5.92 Å². The molecule has 3 N–H and O–H groups in total. The molecule has 0 aromatic heterocycles. The van der Waals surface area contributed by atoms with E-state index in [9.17, 15) is 19.2 Å². The van der Waals surface area contributed by atoms with Gasteiger partial charge in [0.1, 0.15) is 18.2 Å². The van der Waals surface area contributed by atoms with Gasteiger partial charge in [-0.15, -0.1) is 0 Å². The fourth-order valence-electron chi connectivity index (χ4n) is 4.52. The molecule has 0 unspecified atom stereocenters. The number of hydrazine groups is 1. The van der Waals surface area contributed by atoms with Gasteiger partial charge in [-0.05, 0) is 52.0 Å². The van der Waals surface area contributed by atoms with Gasteiger partial charge in [-0.3, -0.25) is 25.3 Å². The molecular formula is C24H33N5O6. The first-order chi connectivity index (χ1) is 16.6. The fraction of sp³-hybridized carbons (Fsp3) is 0.583. The van der Waals surface area contributed by atoms with E-state index in [1.165, 1.54) is 9.96 Å². The largest absolute Gasteiger partial charge is 0.444 e. The van der Waals surface area contributed by atoms with Gasteiger partial charge in [0.25, 0.3) is 5.91 Å². The molecule has 1 aliphatic carbocycles. The average Bonchev–Trinajstić information content (AvgIpc) is 3.01. The van der Waals surface area contributed by atoms with Gasteiger partial charge in [-0.2, -0.15) is 5.06 Å². The van der Waals surface area contributed by atoms with Crippen LogP contribution in [0.15, 0.2) is 30.3 Å². The Labute approximate surface area is 204 Å². The molecule has 4 rings (SSSR count). The third-order valence-corrected chi connectivity index (χ3v) is 6.38. The van der Waals surface area contributed by atoms with Crippen molar-refractivity contribution >= 4 is 23.9 Å². The van der Waals surface area contributed by atoms with Crippen LogP contribution in [0.2, 0.25) is 0 Å². The molecule has 2 aliphatic heterocycles. The summed E-state index contributed by atoms with van der Waals surface area (Å²) >= 11 is 0. The van der Waals surface area contributed by atoms with Crippen LogP contribution < -0.4 is 16.2 Å². The van der Waals surface area contributed by atoms with Gasteiger partial charge in [-0.25, -0.2) is 9.59 Å². The number of piperidine rings is 1. The number of amides is 5. The van der Waals surface area contributed by atoms with Crippen molar-refractivity contribution in [1.29, 1.82) is 0 Å². The van der Waals surface area contributed by atoms with E-state index in [0.717, 1.165) is 5.56 Å². The van der Waals surface area contributed by atoms with Crippen molar-refractivity contribution in [1.82, 2.24) is 26.1 Å². The van der Waals surface area contributed by atoms with Gasteiger partial charge in [0, 0.05) is 18.5 Å². The van der Waals surface area contributed by atoms with Crippen LogP contribution in [0.25, 0.3) is 0 Å². The maximum absolute atomic E-state index is 12.9. The van der Waals surface area contributed by atoms with Crippen LogP contribution in [-0.4, -0.2) is 64.2 Å². The molecular weight excluding hydrogens is 454 g/mol. The van der Waals surface area contributed by atoms with E-state index in [4.69, 9.17) is 9.57 Å². The third-order valence-electron chi connectivity index (χ3n) is 6.38. The molecule has 2 atom stereocenters. The topological polar surface area (TPSA) is 129 Å². The minimum Gasteiger partial charge on any atom is -0.444 e. The monoisotopic (exact) mass is 487 g/mol. The van der Waals surface area contributed by atoms with Crippen molar-refractivity contribution in [2.75, 3.05) is 6.54 Å². The summed E-state index contributed by atoms with van der Waals surface area (Å²) in [5, 5.41) is 4.10. The van der Waals surface area contributed by atoms with Gasteiger partial charge in [-0.1, -0.05) is 30.3 Å². The van der Waals surface area contributed by atoms with Crippen molar-refractivity contribution in [3.8, 4) is 0 Å². The normalized spacial score (nSPS) is 25.5. The predicted molar refractivity (Wildman–Crippen MR) is 124 cm³/mol. The lowest BCUT2D eigenvalue weighted by Crippen LogP contribution is -2.57. The van der Waals surface area contributed by atoms with Crippen LogP contribution >= 0.6 is 0 Å². The van der Waals surface area contributed by atoms with Crippen LogP contribution in [0.5, 0.6) is 0 Å². The smallest absolute Gasteiger partial charge is 0.407 e. The molecule has 3 aliphatic rings. The standard InChI is InChI=1S/C24H33N5O6/c1-24(2,3)35-22(32)25-17-11-16(12-17)20(30)26-27-21(31)19-10-9-18-13-28(19)23(33)29(18)34-14-15-7-5-4-6-8-15/h4-8,16-19H,9-14H2,1-3H3,(H,25,32)(H,26,30)(H,27,31)/t16-,17+,18-,19-/m0/s1. The predicted octanol–water partition coefficient (Wildman–Crippen LogP) is 1.84. The summed E-state index contributed by atoms with van der Waals surface area (Å²) < 4.78 is 5.21. The summed E-state index contributed by atoms with van der Waals surface area (Å²) in [5.41, 5.74) is 5.28. The molecule has 1 aromatic carbocycles. The third kappa shape index (κ3) is 6.02. The minimum atomic E-state index is -0.674. The number of carbonyl (C=O) groups is 4. The lowest BCUT2D eigenvalue weighted by molar-refractivity contribution is -0.140. The number of nitrogens with one attached hydrogen (secondary N) is 3. The van der Waals surface area contributed by atoms with Crippen molar-refractivity contribution in [3.63, 3.8) is 0 Å². The molecule has 35 heavy (non-hydrogen) atoms. The maximum atomic E-state index is 12.9. The Hall–Kier alpha value is -3.34. The first kappa shape index (κ1) is 24.8. The highest BCUT2D eigenvalue weighted by atomic mass is 16.7. The SMILES string of the molecule is CC(C)(C)OC(=O)N[C@H]1C[C@@H](C(=O)NNC(=O)[C@@H]2CC[C@H]3CN2C(=O)N3OCc2ccccc2)C1. The van der Waals surface area contributed by atoms with E-state index in [1.54, 1.807) is 20.8 Å². The molecule has 1 saturated carbocycles. The lowest BCUT2D eigenvalue weighted by Gasteiger charge is -2.35.